The van der Waals surface area contributed by atoms with E-state index in [0.29, 0.717) is 5.92 Å². The van der Waals surface area contributed by atoms with E-state index in [4.69, 9.17) is 7.85 Å². The zero-order valence-corrected chi connectivity index (χ0v) is 14.2. The largest absolute Gasteiger partial charge is 0.352 e. The third-order valence-electron chi connectivity index (χ3n) is 5.08. The average molecular weight is 308 g/mol. The molecule has 0 atom stereocenters. The first-order valence-electron chi connectivity index (χ1n) is 8.69. The molecule has 1 aromatic carbocycles. The number of carbonyl (C=O) groups excluding carboxylic acids is 1. The van der Waals surface area contributed by atoms with Gasteiger partial charge in [-0.05, 0) is 37.3 Å². The van der Waals surface area contributed by atoms with Crippen LogP contribution in [-0.4, -0.2) is 24.9 Å². The standard InChI is InChI=1S/C19H25BN2O/c1-13-9-15(20)10-17-18(13)16(12-22(17)2)19(23)21-11-14-7-5-3-4-6-8-14/h9-10,12,14H,3-8,11H2,1-2H3,(H,21,23). The summed E-state index contributed by atoms with van der Waals surface area (Å²) in [5, 5.41) is 4.17. The zero-order valence-electron chi connectivity index (χ0n) is 14.2. The van der Waals surface area contributed by atoms with Crippen molar-refractivity contribution < 1.29 is 4.79 Å². The van der Waals surface area contributed by atoms with E-state index in [9.17, 15) is 4.79 Å². The molecular weight excluding hydrogens is 283 g/mol. The molecule has 1 aromatic heterocycles. The van der Waals surface area contributed by atoms with Crippen molar-refractivity contribution in [2.45, 2.75) is 45.4 Å². The Kier molecular flexibility index (Phi) is 4.79. The second-order valence-electron chi connectivity index (χ2n) is 6.95. The molecule has 2 radical (unpaired) electrons. The van der Waals surface area contributed by atoms with Gasteiger partial charge in [-0.25, -0.2) is 0 Å². The van der Waals surface area contributed by atoms with Gasteiger partial charge in [0.1, 0.15) is 7.85 Å². The smallest absolute Gasteiger partial charge is 0.253 e. The van der Waals surface area contributed by atoms with Crippen molar-refractivity contribution in [3.05, 3.63) is 29.5 Å². The van der Waals surface area contributed by atoms with Gasteiger partial charge in [0.05, 0.1) is 5.56 Å². The Balaban J connectivity index is 1.78. The highest BCUT2D eigenvalue weighted by Gasteiger charge is 2.18. The van der Waals surface area contributed by atoms with Crippen molar-refractivity contribution in [2.24, 2.45) is 13.0 Å². The molecule has 23 heavy (non-hydrogen) atoms. The second kappa shape index (κ2) is 6.82. The van der Waals surface area contributed by atoms with Crippen molar-refractivity contribution >= 4 is 30.1 Å². The number of fused-ring (bicyclic) bond motifs is 1. The predicted molar refractivity (Wildman–Crippen MR) is 96.6 cm³/mol. The van der Waals surface area contributed by atoms with Crippen molar-refractivity contribution in [2.75, 3.05) is 6.54 Å². The quantitative estimate of drug-likeness (QED) is 0.686. The van der Waals surface area contributed by atoms with Crippen LogP contribution in [0.5, 0.6) is 0 Å². The maximum atomic E-state index is 12.7. The Morgan fingerprint density at radius 1 is 1.26 bits per heavy atom. The topological polar surface area (TPSA) is 34.0 Å². The molecule has 1 fully saturated rings. The predicted octanol–water partition coefficient (Wildman–Crippen LogP) is 2.98. The number of carbonyl (C=O) groups is 1. The molecule has 0 spiro atoms. The fraction of sp³-hybridized carbons (Fsp3) is 0.526. The molecule has 1 heterocycles. The van der Waals surface area contributed by atoms with Gasteiger partial charge < -0.3 is 9.88 Å². The number of rotatable bonds is 3. The monoisotopic (exact) mass is 308 g/mol. The van der Waals surface area contributed by atoms with Gasteiger partial charge in [0.25, 0.3) is 5.91 Å². The van der Waals surface area contributed by atoms with E-state index >= 15 is 0 Å². The molecule has 1 aliphatic rings. The maximum absolute atomic E-state index is 12.7. The zero-order chi connectivity index (χ0) is 16.4. The van der Waals surface area contributed by atoms with Gasteiger partial charge in [-0.2, -0.15) is 0 Å². The van der Waals surface area contributed by atoms with Gasteiger partial charge in [-0.15, -0.1) is 0 Å². The normalized spacial score (nSPS) is 16.4. The number of hydrogen-bond acceptors (Lipinski definition) is 1. The highest BCUT2D eigenvalue weighted by Crippen LogP contribution is 2.25. The van der Waals surface area contributed by atoms with Gasteiger partial charge >= 0.3 is 0 Å². The fourth-order valence-corrected chi connectivity index (χ4v) is 3.82. The minimum absolute atomic E-state index is 0.0349. The first kappa shape index (κ1) is 16.2. The summed E-state index contributed by atoms with van der Waals surface area (Å²) in [6.45, 7) is 2.81. The fourth-order valence-electron chi connectivity index (χ4n) is 3.82. The molecule has 3 rings (SSSR count). The highest BCUT2D eigenvalue weighted by molar-refractivity contribution is 6.33. The van der Waals surface area contributed by atoms with Crippen LogP contribution in [-0.2, 0) is 7.05 Å². The van der Waals surface area contributed by atoms with E-state index in [1.165, 1.54) is 38.5 Å². The first-order valence-corrected chi connectivity index (χ1v) is 8.69. The summed E-state index contributed by atoms with van der Waals surface area (Å²) in [5.41, 5.74) is 3.57. The van der Waals surface area contributed by atoms with E-state index < -0.39 is 0 Å². The van der Waals surface area contributed by atoms with Crippen LogP contribution in [0.3, 0.4) is 0 Å². The van der Waals surface area contributed by atoms with Crippen molar-refractivity contribution in [3.8, 4) is 0 Å². The van der Waals surface area contributed by atoms with Gasteiger partial charge in [0.2, 0.25) is 0 Å². The number of aromatic nitrogens is 1. The van der Waals surface area contributed by atoms with Crippen LogP contribution < -0.4 is 10.8 Å². The molecule has 1 saturated carbocycles. The number of nitrogens with one attached hydrogen (secondary N) is 1. The molecule has 0 bridgehead atoms. The summed E-state index contributed by atoms with van der Waals surface area (Å²) < 4.78 is 1.99. The van der Waals surface area contributed by atoms with Crippen LogP contribution in [0.4, 0.5) is 0 Å². The minimum atomic E-state index is 0.0349. The SMILES string of the molecule is [B]c1cc(C)c2c(C(=O)NCC3CCCCCC3)cn(C)c2c1. The Morgan fingerprint density at radius 3 is 2.65 bits per heavy atom. The van der Waals surface area contributed by atoms with Gasteiger partial charge in [0, 0.05) is 30.7 Å². The van der Waals surface area contributed by atoms with Crippen molar-refractivity contribution in [1.82, 2.24) is 9.88 Å². The first-order chi connectivity index (χ1) is 11.1. The van der Waals surface area contributed by atoms with Crippen molar-refractivity contribution in [1.29, 1.82) is 0 Å². The lowest BCUT2D eigenvalue weighted by Gasteiger charge is -2.14. The Hall–Kier alpha value is -1.71. The van der Waals surface area contributed by atoms with Crippen LogP contribution in [0.25, 0.3) is 10.9 Å². The summed E-state index contributed by atoms with van der Waals surface area (Å²) in [5.74, 6) is 0.667. The third kappa shape index (κ3) is 3.46. The highest BCUT2D eigenvalue weighted by atomic mass is 16.1. The summed E-state index contributed by atoms with van der Waals surface area (Å²) in [6.07, 6.45) is 9.68. The Bertz CT molecular complexity index is 712. The van der Waals surface area contributed by atoms with E-state index in [-0.39, 0.29) is 5.91 Å². The number of aryl methyl sites for hydroxylation is 2. The molecule has 3 nitrogen and oxygen atoms in total. The number of hydrogen-bond donors (Lipinski definition) is 1. The lowest BCUT2D eigenvalue weighted by atomic mass is 9.92. The molecule has 1 amide bonds. The van der Waals surface area contributed by atoms with E-state index in [1.807, 2.05) is 36.9 Å². The molecule has 0 unspecified atom stereocenters. The van der Waals surface area contributed by atoms with E-state index in [2.05, 4.69) is 5.32 Å². The van der Waals surface area contributed by atoms with Crippen LogP contribution in [0.15, 0.2) is 18.3 Å². The average Bonchev–Trinajstić information content (AvgIpc) is 2.71. The lowest BCUT2D eigenvalue weighted by Crippen LogP contribution is -2.29. The molecule has 2 aromatic rings. The van der Waals surface area contributed by atoms with Crippen molar-refractivity contribution in [3.63, 3.8) is 0 Å². The van der Waals surface area contributed by atoms with Crippen LogP contribution in [0.2, 0.25) is 0 Å². The second-order valence-corrected chi connectivity index (χ2v) is 6.95. The summed E-state index contributed by atoms with van der Waals surface area (Å²) in [6, 6.07) is 3.87. The summed E-state index contributed by atoms with van der Waals surface area (Å²) in [4.78, 5) is 12.7. The number of amides is 1. The summed E-state index contributed by atoms with van der Waals surface area (Å²) in [7, 11) is 7.90. The molecule has 0 aliphatic heterocycles. The van der Waals surface area contributed by atoms with E-state index in [1.54, 1.807) is 0 Å². The molecule has 120 valence electrons. The molecule has 0 saturated heterocycles. The Morgan fingerprint density at radius 2 is 1.96 bits per heavy atom. The maximum Gasteiger partial charge on any atom is 0.253 e. The van der Waals surface area contributed by atoms with Crippen LogP contribution in [0.1, 0.15) is 54.4 Å². The molecule has 1 N–H and O–H groups in total. The molecular formula is C19H25BN2O. The van der Waals surface area contributed by atoms with Crippen LogP contribution >= 0.6 is 0 Å². The molecule has 4 heteroatoms. The molecule has 1 aliphatic carbocycles. The van der Waals surface area contributed by atoms with Gasteiger partial charge in [-0.3, -0.25) is 4.79 Å². The van der Waals surface area contributed by atoms with Gasteiger partial charge in [0.15, 0.2) is 0 Å². The minimum Gasteiger partial charge on any atom is -0.352 e. The Labute approximate surface area is 139 Å². The number of benzene rings is 1. The van der Waals surface area contributed by atoms with Crippen LogP contribution in [0, 0.1) is 12.8 Å². The third-order valence-corrected chi connectivity index (χ3v) is 5.08. The van der Waals surface area contributed by atoms with Gasteiger partial charge in [-0.1, -0.05) is 37.2 Å². The van der Waals surface area contributed by atoms with E-state index in [0.717, 1.165) is 34.0 Å². The number of nitrogens with zero attached hydrogens (tertiary/aromatic N) is 1. The lowest BCUT2D eigenvalue weighted by molar-refractivity contribution is 0.0947. The summed E-state index contributed by atoms with van der Waals surface area (Å²) >= 11 is 0.